The molecule has 1 unspecified atom stereocenters. The van der Waals surface area contributed by atoms with Crippen molar-refractivity contribution in [1.82, 2.24) is 14.8 Å². The first-order chi connectivity index (χ1) is 18.1. The Hall–Kier alpha value is -3.33. The highest BCUT2D eigenvalue weighted by atomic mass is 35.5. The van der Waals surface area contributed by atoms with Gasteiger partial charge in [-0.05, 0) is 54.8 Å². The summed E-state index contributed by atoms with van der Waals surface area (Å²) in [6, 6.07) is 12.5. The molecule has 1 aliphatic rings. The Labute approximate surface area is 232 Å². The number of carbonyl (C=O) groups excluding carboxylic acids is 2. The fraction of sp³-hybridized carbons (Fsp3) is 0.321. The number of hydrogen-bond donors (Lipinski definition) is 2. The van der Waals surface area contributed by atoms with Gasteiger partial charge in [-0.25, -0.2) is 4.98 Å². The molecular formula is C28H31Cl2N5O3. The molecule has 1 saturated heterocycles. The van der Waals surface area contributed by atoms with E-state index in [9.17, 15) is 9.59 Å². The van der Waals surface area contributed by atoms with Crippen LogP contribution >= 0.6 is 23.2 Å². The Morgan fingerprint density at radius 3 is 2.39 bits per heavy atom. The van der Waals surface area contributed by atoms with E-state index in [0.29, 0.717) is 46.4 Å². The van der Waals surface area contributed by atoms with Gasteiger partial charge in [-0.2, -0.15) is 0 Å². The van der Waals surface area contributed by atoms with E-state index < -0.39 is 12.0 Å². The van der Waals surface area contributed by atoms with E-state index in [-0.39, 0.29) is 11.7 Å². The molecule has 8 nitrogen and oxygen atoms in total. The van der Waals surface area contributed by atoms with Gasteiger partial charge in [0.2, 0.25) is 11.8 Å². The van der Waals surface area contributed by atoms with E-state index in [1.165, 1.54) is 0 Å². The summed E-state index contributed by atoms with van der Waals surface area (Å²) in [4.78, 5) is 32.1. The molecule has 2 amide bonds. The van der Waals surface area contributed by atoms with Crippen molar-refractivity contribution in [3.05, 3.63) is 75.4 Å². The van der Waals surface area contributed by atoms with Crippen LogP contribution in [0.25, 0.3) is 11.1 Å². The normalized spacial score (nSPS) is 14.8. The van der Waals surface area contributed by atoms with Crippen LogP contribution in [-0.4, -0.2) is 59.3 Å². The summed E-state index contributed by atoms with van der Waals surface area (Å²) in [5.41, 5.74) is 15.5. The number of piperazine rings is 1. The summed E-state index contributed by atoms with van der Waals surface area (Å²) < 4.78 is 6.17. The van der Waals surface area contributed by atoms with Crippen molar-refractivity contribution in [2.75, 3.05) is 38.5 Å². The number of nitrogens with zero attached hydrogens (tertiary/aromatic N) is 3. The third-order valence-corrected chi connectivity index (χ3v) is 7.47. The van der Waals surface area contributed by atoms with Crippen LogP contribution in [-0.2, 0) is 11.2 Å². The third kappa shape index (κ3) is 6.38. The zero-order valence-corrected chi connectivity index (χ0v) is 22.9. The minimum Gasteiger partial charge on any atom is -0.482 e. The molecule has 4 N–H and O–H groups in total. The lowest BCUT2D eigenvalue weighted by Gasteiger charge is -2.34. The summed E-state index contributed by atoms with van der Waals surface area (Å²) >= 11 is 12.7. The molecule has 0 saturated carbocycles. The molecule has 1 aliphatic heterocycles. The summed E-state index contributed by atoms with van der Waals surface area (Å²) in [6.45, 7) is 7.23. The molecule has 1 aromatic heterocycles. The Bertz CT molecular complexity index is 1320. The van der Waals surface area contributed by atoms with Crippen LogP contribution in [0.2, 0.25) is 10.0 Å². The lowest BCUT2D eigenvalue weighted by Crippen LogP contribution is -2.48. The van der Waals surface area contributed by atoms with Crippen LogP contribution in [0.15, 0.2) is 48.7 Å². The fourth-order valence-corrected chi connectivity index (χ4v) is 5.35. The highest BCUT2D eigenvalue weighted by Gasteiger charge is 2.20. The number of nitrogens with two attached hydrogens (primary N) is 2. The number of pyridine rings is 1. The van der Waals surface area contributed by atoms with E-state index in [0.717, 1.165) is 36.3 Å². The van der Waals surface area contributed by atoms with Gasteiger partial charge < -0.3 is 21.1 Å². The summed E-state index contributed by atoms with van der Waals surface area (Å²) in [5, 5.41) is 1.00. The minimum absolute atomic E-state index is 0.0982. The molecule has 3 aromatic rings. The maximum Gasteiger partial charge on any atom is 0.248 e. The topological polar surface area (TPSA) is 115 Å². The minimum atomic E-state index is -0.488. The van der Waals surface area contributed by atoms with Gasteiger partial charge in [0.15, 0.2) is 11.6 Å². The van der Waals surface area contributed by atoms with Crippen molar-refractivity contribution in [2.45, 2.75) is 26.4 Å². The number of benzene rings is 2. The van der Waals surface area contributed by atoms with Crippen molar-refractivity contribution >= 4 is 40.8 Å². The number of anilines is 1. The molecule has 2 heterocycles. The van der Waals surface area contributed by atoms with Crippen molar-refractivity contribution in [1.29, 1.82) is 0 Å². The zero-order valence-electron chi connectivity index (χ0n) is 21.4. The van der Waals surface area contributed by atoms with Crippen molar-refractivity contribution in [3.63, 3.8) is 0 Å². The number of primary amides is 1. The molecule has 200 valence electrons. The molecule has 4 rings (SSSR count). The summed E-state index contributed by atoms with van der Waals surface area (Å²) in [6.07, 6.45) is 1.90. The second-order valence-electron chi connectivity index (χ2n) is 9.34. The van der Waals surface area contributed by atoms with Gasteiger partial charge in [-0.15, -0.1) is 0 Å². The quantitative estimate of drug-likeness (QED) is 0.420. The monoisotopic (exact) mass is 555 g/mol. The number of ether oxygens (including phenoxy) is 1. The number of amides is 2. The van der Waals surface area contributed by atoms with Crippen LogP contribution in [0.1, 0.15) is 41.4 Å². The maximum absolute atomic E-state index is 11.9. The van der Waals surface area contributed by atoms with Gasteiger partial charge in [0.1, 0.15) is 6.10 Å². The molecule has 2 aromatic carbocycles. The zero-order chi connectivity index (χ0) is 27.4. The van der Waals surface area contributed by atoms with E-state index in [1.807, 2.05) is 30.0 Å². The molecule has 0 radical (unpaired) electrons. The highest BCUT2D eigenvalue weighted by molar-refractivity contribution is 6.36. The molecule has 1 fully saturated rings. The van der Waals surface area contributed by atoms with Gasteiger partial charge in [0.05, 0.1) is 0 Å². The molecule has 10 heteroatoms. The average molecular weight is 556 g/mol. The van der Waals surface area contributed by atoms with Crippen molar-refractivity contribution in [3.8, 4) is 16.9 Å². The Kier molecular flexibility index (Phi) is 8.76. The lowest BCUT2D eigenvalue weighted by atomic mass is 9.95. The molecule has 38 heavy (non-hydrogen) atoms. The standard InChI is InChI=1S/C28H31Cl2N5O3/c1-17(26-23(29)4-3-5-24(26)30)38-25-15-21(16-33-27(25)31)22-7-6-20(28(32)37)14-19(22)8-9-34-10-12-35(13-11-34)18(2)36/h3-7,14-17H,8-13H2,1-2H3,(H2,31,33)(H2,32,37). The van der Waals surface area contributed by atoms with Crippen molar-refractivity contribution < 1.29 is 14.3 Å². The maximum atomic E-state index is 11.9. The first-order valence-corrected chi connectivity index (χ1v) is 13.2. The van der Waals surface area contributed by atoms with Gasteiger partial charge in [0, 0.05) is 72.6 Å². The average Bonchev–Trinajstić information content (AvgIpc) is 2.88. The second kappa shape index (κ2) is 12.0. The first kappa shape index (κ1) is 27.7. The van der Waals surface area contributed by atoms with E-state index in [4.69, 9.17) is 39.4 Å². The van der Waals surface area contributed by atoms with Gasteiger partial charge >= 0.3 is 0 Å². The van der Waals surface area contributed by atoms with Gasteiger partial charge in [-0.3, -0.25) is 14.5 Å². The van der Waals surface area contributed by atoms with Crippen LogP contribution in [0.5, 0.6) is 5.75 Å². The number of hydrogen-bond acceptors (Lipinski definition) is 6. The predicted octanol–water partition coefficient (Wildman–Crippen LogP) is 4.58. The predicted molar refractivity (Wildman–Crippen MR) is 151 cm³/mol. The Morgan fingerprint density at radius 2 is 1.76 bits per heavy atom. The second-order valence-corrected chi connectivity index (χ2v) is 10.2. The molecular weight excluding hydrogens is 525 g/mol. The summed E-state index contributed by atoms with van der Waals surface area (Å²) in [7, 11) is 0. The number of rotatable bonds is 8. The van der Waals surface area contributed by atoms with Crippen molar-refractivity contribution in [2.24, 2.45) is 5.73 Å². The summed E-state index contributed by atoms with van der Waals surface area (Å²) in [5.74, 6) is 0.248. The van der Waals surface area contributed by atoms with Gasteiger partial charge in [0.25, 0.3) is 0 Å². The van der Waals surface area contributed by atoms with Gasteiger partial charge in [-0.1, -0.05) is 35.3 Å². The highest BCUT2D eigenvalue weighted by Crippen LogP contribution is 2.36. The Balaban J connectivity index is 1.59. The largest absolute Gasteiger partial charge is 0.482 e. The molecule has 0 spiro atoms. The molecule has 0 aliphatic carbocycles. The number of nitrogen functional groups attached to an aromatic ring is 1. The fourth-order valence-electron chi connectivity index (χ4n) is 4.65. The molecule has 0 bridgehead atoms. The lowest BCUT2D eigenvalue weighted by molar-refractivity contribution is -0.130. The van der Waals surface area contributed by atoms with Crippen LogP contribution in [0.4, 0.5) is 5.82 Å². The smallest absolute Gasteiger partial charge is 0.248 e. The van der Waals surface area contributed by atoms with E-state index in [2.05, 4.69) is 9.88 Å². The number of halogens is 2. The van der Waals surface area contributed by atoms with Crippen LogP contribution < -0.4 is 16.2 Å². The SMILES string of the molecule is CC(=O)N1CCN(CCc2cc(C(N)=O)ccc2-c2cnc(N)c(OC(C)c3c(Cl)cccc3Cl)c2)CC1. The van der Waals surface area contributed by atoms with E-state index in [1.54, 1.807) is 37.4 Å². The van der Waals surface area contributed by atoms with E-state index >= 15 is 0 Å². The molecule has 1 atom stereocenters. The van der Waals surface area contributed by atoms with Crippen LogP contribution in [0.3, 0.4) is 0 Å². The number of carbonyl (C=O) groups is 2. The third-order valence-electron chi connectivity index (χ3n) is 6.81. The number of aromatic nitrogens is 1. The first-order valence-electron chi connectivity index (χ1n) is 12.4. The van der Waals surface area contributed by atoms with Crippen LogP contribution in [0, 0.1) is 0 Å². The Morgan fingerprint density at radius 1 is 1.08 bits per heavy atom.